The maximum Gasteiger partial charge on any atom is 0.250 e. The molecule has 10 heteroatoms. The topological polar surface area (TPSA) is 140 Å². The minimum absolute atomic E-state index is 0.0461. The molecule has 0 bridgehead atoms. The van der Waals surface area contributed by atoms with E-state index in [1.54, 1.807) is 19.1 Å². The van der Waals surface area contributed by atoms with Crippen LogP contribution in [0.3, 0.4) is 0 Å². The maximum absolute atomic E-state index is 13.8. The molecule has 1 aromatic heterocycles. The highest BCUT2D eigenvalue weighted by Crippen LogP contribution is 2.35. The zero-order valence-corrected chi connectivity index (χ0v) is 21.8. The number of nitrogens with zero attached hydrogens (tertiary/aromatic N) is 2. The summed E-state index contributed by atoms with van der Waals surface area (Å²) in [6, 6.07) is 21.5. The van der Waals surface area contributed by atoms with Gasteiger partial charge in [0.05, 0.1) is 4.90 Å². The van der Waals surface area contributed by atoms with E-state index in [9.17, 15) is 13.2 Å². The summed E-state index contributed by atoms with van der Waals surface area (Å²) in [4.78, 5) is 18.0. The van der Waals surface area contributed by atoms with Gasteiger partial charge in [0, 0.05) is 29.4 Å². The molecule has 0 radical (unpaired) electrons. The highest BCUT2D eigenvalue weighted by molar-refractivity contribution is 7.89. The number of sulfonamides is 1. The summed E-state index contributed by atoms with van der Waals surface area (Å²) in [5, 5.41) is 16.0. The molecule has 1 aliphatic rings. The number of amides is 1. The van der Waals surface area contributed by atoms with Crippen LogP contribution >= 0.6 is 0 Å². The Labute approximate surface area is 221 Å². The zero-order chi connectivity index (χ0) is 26.8. The molecule has 0 spiro atoms. The highest BCUT2D eigenvalue weighted by atomic mass is 32.2. The number of hydrogen-bond donors (Lipinski definition) is 3. The van der Waals surface area contributed by atoms with Crippen LogP contribution in [0.15, 0.2) is 82.2 Å². The molecular formula is C28H29N5O4S. The van der Waals surface area contributed by atoms with Crippen molar-refractivity contribution < 1.29 is 17.7 Å². The van der Waals surface area contributed by atoms with E-state index in [1.165, 1.54) is 6.07 Å². The molecule has 0 atom stereocenters. The van der Waals surface area contributed by atoms with Crippen molar-refractivity contribution in [2.24, 2.45) is 5.14 Å². The second kappa shape index (κ2) is 10.4. The van der Waals surface area contributed by atoms with E-state index in [0.29, 0.717) is 35.8 Å². The monoisotopic (exact) mass is 531 g/mol. The van der Waals surface area contributed by atoms with Crippen LogP contribution in [0.4, 0.5) is 11.4 Å². The molecule has 5 rings (SSSR count). The fourth-order valence-corrected chi connectivity index (χ4v) is 5.72. The molecule has 3 aromatic carbocycles. The first-order valence-electron chi connectivity index (χ1n) is 12.5. The van der Waals surface area contributed by atoms with E-state index in [2.05, 4.69) is 20.8 Å². The molecule has 1 amide bonds. The first-order valence-corrected chi connectivity index (χ1v) is 14.0. The van der Waals surface area contributed by atoms with E-state index in [-0.39, 0.29) is 10.8 Å². The number of anilines is 2. The molecule has 4 aromatic rings. The number of benzene rings is 3. The summed E-state index contributed by atoms with van der Waals surface area (Å²) in [6.45, 7) is 1.73. The predicted octanol–water partition coefficient (Wildman–Crippen LogP) is 5.11. The summed E-state index contributed by atoms with van der Waals surface area (Å²) in [7, 11) is -4.04. The van der Waals surface area contributed by atoms with E-state index >= 15 is 0 Å². The molecule has 0 saturated heterocycles. The van der Waals surface area contributed by atoms with Crippen LogP contribution in [0.25, 0.3) is 22.5 Å². The first kappa shape index (κ1) is 25.6. The van der Waals surface area contributed by atoms with Crippen LogP contribution in [0, 0.1) is 6.92 Å². The average Bonchev–Trinajstić information content (AvgIpc) is 3.35. The Kier molecular flexibility index (Phi) is 7.00. The molecule has 4 N–H and O–H groups in total. The number of aromatic nitrogens is 2. The van der Waals surface area contributed by atoms with Gasteiger partial charge in [-0.15, -0.1) is 0 Å². The summed E-state index contributed by atoms with van der Waals surface area (Å²) in [6.07, 6.45) is 4.09. The fourth-order valence-electron chi connectivity index (χ4n) is 4.94. The molecular weight excluding hydrogens is 502 g/mol. The van der Waals surface area contributed by atoms with Gasteiger partial charge in [0.2, 0.25) is 27.6 Å². The Hall–Kier alpha value is -4.02. The lowest BCUT2D eigenvalue weighted by atomic mass is 9.80. The second-order valence-electron chi connectivity index (χ2n) is 9.56. The molecule has 1 aliphatic carbocycles. The van der Waals surface area contributed by atoms with E-state index in [0.717, 1.165) is 36.1 Å². The number of carbonyl (C=O) groups is 1. The summed E-state index contributed by atoms with van der Waals surface area (Å²) >= 11 is 0. The van der Waals surface area contributed by atoms with E-state index < -0.39 is 15.6 Å². The van der Waals surface area contributed by atoms with Gasteiger partial charge >= 0.3 is 0 Å². The molecule has 0 unspecified atom stereocenters. The lowest BCUT2D eigenvalue weighted by molar-refractivity contribution is -0.121. The van der Waals surface area contributed by atoms with Crippen LogP contribution in [-0.2, 0) is 14.8 Å². The second-order valence-corrected chi connectivity index (χ2v) is 11.1. The van der Waals surface area contributed by atoms with Crippen LogP contribution in [-0.4, -0.2) is 30.0 Å². The number of carbonyl (C=O) groups excluding carboxylic acids is 1. The van der Waals surface area contributed by atoms with Crippen molar-refractivity contribution in [3.63, 3.8) is 0 Å². The standard InChI is InChI=1S/C28H29N5O4S/c1-19-30-26(33-37-19)21-11-8-12-23(17-21)32-28(15-6-3-7-16-28)27(34)31-22-13-14-24(20-9-4-2-5-10-20)25(18-22)38(29,35)36/h2,4-5,8-14,17-18,32H,3,6-7,15-16H2,1H3,(H,31,34)(H2,29,35,36). The molecule has 1 saturated carbocycles. The molecule has 9 nitrogen and oxygen atoms in total. The van der Waals surface area contributed by atoms with Crippen molar-refractivity contribution in [2.75, 3.05) is 10.6 Å². The predicted molar refractivity (Wildman–Crippen MR) is 146 cm³/mol. The van der Waals surface area contributed by atoms with Gasteiger partial charge in [0.15, 0.2) is 0 Å². The number of nitrogens with one attached hydrogen (secondary N) is 2. The molecule has 1 heterocycles. The summed E-state index contributed by atoms with van der Waals surface area (Å²) in [5.74, 6) is 0.715. The summed E-state index contributed by atoms with van der Waals surface area (Å²) < 4.78 is 30.0. The maximum atomic E-state index is 13.8. The van der Waals surface area contributed by atoms with Crippen molar-refractivity contribution in [3.05, 3.63) is 78.7 Å². The van der Waals surface area contributed by atoms with Crippen LogP contribution in [0.5, 0.6) is 0 Å². The van der Waals surface area contributed by atoms with Crippen molar-refractivity contribution in [2.45, 2.75) is 49.5 Å². The van der Waals surface area contributed by atoms with E-state index in [4.69, 9.17) is 9.66 Å². The molecule has 38 heavy (non-hydrogen) atoms. The summed E-state index contributed by atoms with van der Waals surface area (Å²) in [5.41, 5.74) is 2.21. The van der Waals surface area contributed by atoms with Crippen LogP contribution in [0.2, 0.25) is 0 Å². The smallest absolute Gasteiger partial charge is 0.250 e. The van der Waals surface area contributed by atoms with Crippen molar-refractivity contribution in [1.29, 1.82) is 0 Å². The van der Waals surface area contributed by atoms with Gasteiger partial charge < -0.3 is 15.2 Å². The Morgan fingerprint density at radius 3 is 2.34 bits per heavy atom. The third-order valence-corrected chi connectivity index (χ3v) is 7.76. The van der Waals surface area contributed by atoms with Crippen LogP contribution < -0.4 is 15.8 Å². The normalized spacial score (nSPS) is 15.1. The van der Waals surface area contributed by atoms with Gasteiger partial charge in [0.25, 0.3) is 0 Å². The lowest BCUT2D eigenvalue weighted by Gasteiger charge is -2.37. The minimum atomic E-state index is -4.04. The van der Waals surface area contributed by atoms with Crippen molar-refractivity contribution in [3.8, 4) is 22.5 Å². The third kappa shape index (κ3) is 5.46. The van der Waals surface area contributed by atoms with Crippen molar-refractivity contribution >= 4 is 27.3 Å². The number of nitrogens with two attached hydrogens (primary N) is 1. The average molecular weight is 532 g/mol. The fraction of sp³-hybridized carbons (Fsp3) is 0.250. The molecule has 196 valence electrons. The van der Waals surface area contributed by atoms with E-state index in [1.807, 2.05) is 54.6 Å². The number of hydrogen-bond acceptors (Lipinski definition) is 7. The Bertz CT molecular complexity index is 1560. The number of aryl methyl sites for hydroxylation is 1. The Balaban J connectivity index is 1.44. The van der Waals surface area contributed by atoms with Gasteiger partial charge in [-0.05, 0) is 42.7 Å². The van der Waals surface area contributed by atoms with Crippen molar-refractivity contribution in [1.82, 2.24) is 10.1 Å². The van der Waals surface area contributed by atoms with Gasteiger partial charge in [-0.3, -0.25) is 4.79 Å². The quantitative estimate of drug-likeness (QED) is 0.301. The van der Waals surface area contributed by atoms with Gasteiger partial charge in [-0.1, -0.05) is 73.0 Å². The zero-order valence-electron chi connectivity index (χ0n) is 21.0. The minimum Gasteiger partial charge on any atom is -0.371 e. The molecule has 0 aliphatic heterocycles. The van der Waals surface area contributed by atoms with Gasteiger partial charge in [-0.2, -0.15) is 4.98 Å². The van der Waals surface area contributed by atoms with Gasteiger partial charge in [0.1, 0.15) is 5.54 Å². The highest BCUT2D eigenvalue weighted by Gasteiger charge is 2.39. The number of primary sulfonamides is 1. The van der Waals surface area contributed by atoms with Crippen LogP contribution in [0.1, 0.15) is 38.0 Å². The SMILES string of the molecule is Cc1nc(-c2cccc(NC3(C(=O)Nc4ccc(-c5ccccc5)c(S(N)(=O)=O)c4)CCCCC3)c2)no1. The first-order chi connectivity index (χ1) is 18.2. The third-order valence-electron chi connectivity index (χ3n) is 6.80. The molecule has 1 fully saturated rings. The largest absolute Gasteiger partial charge is 0.371 e. The Morgan fingerprint density at radius 2 is 1.66 bits per heavy atom. The lowest BCUT2D eigenvalue weighted by Crippen LogP contribution is -2.51. The Morgan fingerprint density at radius 1 is 0.921 bits per heavy atom. The number of rotatable bonds is 7. The van der Waals surface area contributed by atoms with Gasteiger partial charge in [-0.25, -0.2) is 13.6 Å².